The molecule has 0 saturated heterocycles. The van der Waals surface area contributed by atoms with E-state index in [1.54, 1.807) is 10.7 Å². The molecule has 0 bridgehead atoms. The Morgan fingerprint density at radius 1 is 1.23 bits per heavy atom. The molecule has 1 N–H and O–H groups in total. The van der Waals surface area contributed by atoms with Crippen LogP contribution in [0.2, 0.25) is 0 Å². The fraction of sp³-hybridized carbons (Fsp3) is 0.500. The zero-order valence-corrected chi connectivity index (χ0v) is 17.0. The molecule has 10 heteroatoms. The third-order valence-electron chi connectivity index (χ3n) is 3.70. The summed E-state index contributed by atoms with van der Waals surface area (Å²) in [5.74, 6) is 1.64. The van der Waals surface area contributed by atoms with E-state index in [4.69, 9.17) is 14.2 Å². The molecule has 1 heterocycles. The number of aromatic nitrogens is 4. The van der Waals surface area contributed by atoms with Gasteiger partial charge < -0.3 is 19.5 Å². The van der Waals surface area contributed by atoms with Gasteiger partial charge in [-0.2, -0.15) is 0 Å². The van der Waals surface area contributed by atoms with Gasteiger partial charge in [-0.05, 0) is 46.3 Å². The van der Waals surface area contributed by atoms with Gasteiger partial charge in [0, 0.05) is 13.0 Å². The monoisotopic (exact) mass is 427 g/mol. The number of hydrogen-bond donors (Lipinski definition) is 1. The minimum Gasteiger partial charge on any atom is -0.493 e. The lowest BCUT2D eigenvalue weighted by atomic mass is 10.1. The van der Waals surface area contributed by atoms with Gasteiger partial charge in [0.1, 0.15) is 0 Å². The summed E-state index contributed by atoms with van der Waals surface area (Å²) in [7, 11) is 4.50. The van der Waals surface area contributed by atoms with Crippen LogP contribution in [0.1, 0.15) is 36.1 Å². The van der Waals surface area contributed by atoms with Crippen LogP contribution in [0.5, 0.6) is 17.2 Å². The van der Waals surface area contributed by atoms with Gasteiger partial charge in [-0.25, -0.2) is 4.68 Å². The molecule has 0 radical (unpaired) electrons. The zero-order valence-electron chi connectivity index (χ0n) is 15.4. The molecule has 0 atom stereocenters. The van der Waals surface area contributed by atoms with E-state index in [1.807, 2.05) is 13.8 Å². The molecule has 0 aliphatic heterocycles. The van der Waals surface area contributed by atoms with Crippen molar-refractivity contribution in [3.63, 3.8) is 0 Å². The lowest BCUT2D eigenvalue weighted by Gasteiger charge is -2.16. The van der Waals surface area contributed by atoms with Crippen LogP contribution in [-0.4, -0.2) is 54.0 Å². The molecule has 26 heavy (non-hydrogen) atoms. The van der Waals surface area contributed by atoms with E-state index in [0.717, 1.165) is 0 Å². The van der Waals surface area contributed by atoms with Crippen molar-refractivity contribution in [3.05, 3.63) is 21.9 Å². The van der Waals surface area contributed by atoms with Crippen molar-refractivity contribution in [3.8, 4) is 17.2 Å². The predicted molar refractivity (Wildman–Crippen MR) is 98.0 cm³/mol. The van der Waals surface area contributed by atoms with Gasteiger partial charge >= 0.3 is 0 Å². The van der Waals surface area contributed by atoms with Crippen molar-refractivity contribution < 1.29 is 19.0 Å². The van der Waals surface area contributed by atoms with Crippen LogP contribution in [-0.2, 0) is 6.42 Å². The van der Waals surface area contributed by atoms with Crippen molar-refractivity contribution in [2.45, 2.75) is 26.3 Å². The number of rotatable bonds is 8. The molecule has 0 aliphatic rings. The number of carbonyl (C=O) groups excluding carboxylic acids is 1. The van der Waals surface area contributed by atoms with Gasteiger partial charge in [0.25, 0.3) is 5.91 Å². The van der Waals surface area contributed by atoms with Gasteiger partial charge in [-0.1, -0.05) is 0 Å². The molecule has 1 amide bonds. The normalized spacial score (nSPS) is 10.7. The summed E-state index contributed by atoms with van der Waals surface area (Å²) in [5.41, 5.74) is 0.378. The van der Waals surface area contributed by atoms with Gasteiger partial charge in [-0.3, -0.25) is 4.79 Å². The molecule has 1 aromatic carbocycles. The fourth-order valence-corrected chi connectivity index (χ4v) is 3.08. The largest absolute Gasteiger partial charge is 0.493 e. The molecular formula is C16H22BrN5O4. The second kappa shape index (κ2) is 8.84. The summed E-state index contributed by atoms with van der Waals surface area (Å²) in [6.45, 7) is 4.37. The van der Waals surface area contributed by atoms with Crippen molar-refractivity contribution in [2.24, 2.45) is 0 Å². The van der Waals surface area contributed by atoms with E-state index in [9.17, 15) is 4.79 Å². The number of benzene rings is 1. The Balaban J connectivity index is 2.15. The Morgan fingerprint density at radius 2 is 1.92 bits per heavy atom. The van der Waals surface area contributed by atoms with E-state index in [0.29, 0.717) is 46.1 Å². The highest BCUT2D eigenvalue weighted by Crippen LogP contribution is 2.44. The molecular weight excluding hydrogens is 406 g/mol. The molecule has 0 aliphatic carbocycles. The average Bonchev–Trinajstić information content (AvgIpc) is 3.09. The van der Waals surface area contributed by atoms with Gasteiger partial charge in [-0.15, -0.1) is 5.10 Å². The number of tetrazole rings is 1. The van der Waals surface area contributed by atoms with Crippen molar-refractivity contribution >= 4 is 21.8 Å². The average molecular weight is 428 g/mol. The Labute approximate surface area is 160 Å². The van der Waals surface area contributed by atoms with Crippen LogP contribution >= 0.6 is 15.9 Å². The van der Waals surface area contributed by atoms with E-state index in [2.05, 4.69) is 36.8 Å². The van der Waals surface area contributed by atoms with E-state index < -0.39 is 0 Å². The third-order valence-corrected chi connectivity index (χ3v) is 4.49. The lowest BCUT2D eigenvalue weighted by Crippen LogP contribution is -2.27. The number of amides is 1. The highest BCUT2D eigenvalue weighted by atomic mass is 79.9. The predicted octanol–water partition coefficient (Wildman–Crippen LogP) is 2.01. The molecule has 2 rings (SSSR count). The van der Waals surface area contributed by atoms with E-state index in [1.165, 1.54) is 21.3 Å². The highest BCUT2D eigenvalue weighted by molar-refractivity contribution is 9.10. The van der Waals surface area contributed by atoms with Crippen molar-refractivity contribution in [1.29, 1.82) is 0 Å². The van der Waals surface area contributed by atoms with E-state index in [-0.39, 0.29) is 11.9 Å². The summed E-state index contributed by atoms with van der Waals surface area (Å²) in [6.07, 6.45) is 0.513. The standard InChI is InChI=1S/C16H22BrN5O4/c1-9(2)22-12(19-20-21-22)6-7-18-16(23)10-8-11(24-3)14(25-4)15(26-5)13(10)17/h8-9H,6-7H2,1-5H3,(H,18,23). The number of nitrogens with zero attached hydrogens (tertiary/aromatic N) is 4. The molecule has 0 fully saturated rings. The molecule has 0 saturated carbocycles. The number of halogens is 1. The smallest absolute Gasteiger partial charge is 0.252 e. The molecule has 9 nitrogen and oxygen atoms in total. The summed E-state index contributed by atoms with van der Waals surface area (Å²) in [6, 6.07) is 1.75. The third kappa shape index (κ3) is 4.06. The first-order valence-electron chi connectivity index (χ1n) is 7.97. The molecule has 1 aromatic heterocycles. The maximum atomic E-state index is 12.6. The van der Waals surface area contributed by atoms with Crippen molar-refractivity contribution in [2.75, 3.05) is 27.9 Å². The molecule has 0 spiro atoms. The molecule has 2 aromatic rings. The number of hydrogen-bond acceptors (Lipinski definition) is 7. The summed E-state index contributed by atoms with van der Waals surface area (Å²) in [4.78, 5) is 12.6. The second-order valence-electron chi connectivity index (χ2n) is 5.65. The van der Waals surface area contributed by atoms with Gasteiger partial charge in [0.15, 0.2) is 17.3 Å². The second-order valence-corrected chi connectivity index (χ2v) is 6.44. The Kier molecular flexibility index (Phi) is 6.78. The molecule has 0 unspecified atom stereocenters. The first-order valence-corrected chi connectivity index (χ1v) is 8.77. The van der Waals surface area contributed by atoms with Crippen molar-refractivity contribution in [1.82, 2.24) is 25.5 Å². The van der Waals surface area contributed by atoms with Crippen LogP contribution < -0.4 is 19.5 Å². The van der Waals surface area contributed by atoms with Crippen LogP contribution in [0.15, 0.2) is 10.5 Å². The van der Waals surface area contributed by atoms with Crippen LogP contribution in [0.25, 0.3) is 0 Å². The Morgan fingerprint density at radius 3 is 2.50 bits per heavy atom. The summed E-state index contributed by atoms with van der Waals surface area (Å²) >= 11 is 3.40. The maximum absolute atomic E-state index is 12.6. The fourth-order valence-electron chi connectivity index (χ4n) is 2.45. The molecule has 142 valence electrons. The minimum atomic E-state index is -0.278. The van der Waals surface area contributed by atoms with E-state index >= 15 is 0 Å². The van der Waals surface area contributed by atoms with Crippen LogP contribution in [0, 0.1) is 0 Å². The Bertz CT molecular complexity index is 778. The Hall–Kier alpha value is -2.36. The quantitative estimate of drug-likeness (QED) is 0.687. The maximum Gasteiger partial charge on any atom is 0.252 e. The number of nitrogens with one attached hydrogen (secondary N) is 1. The summed E-state index contributed by atoms with van der Waals surface area (Å²) in [5, 5.41) is 14.5. The minimum absolute atomic E-state index is 0.153. The number of ether oxygens (including phenoxy) is 3. The van der Waals surface area contributed by atoms with Gasteiger partial charge in [0.05, 0.1) is 37.4 Å². The van der Waals surface area contributed by atoms with Crippen LogP contribution in [0.3, 0.4) is 0 Å². The first-order chi connectivity index (χ1) is 12.4. The zero-order chi connectivity index (χ0) is 19.3. The SMILES string of the molecule is COc1cc(C(=O)NCCc2nnnn2C(C)C)c(Br)c(OC)c1OC. The number of carbonyl (C=O) groups is 1. The first kappa shape index (κ1) is 20.0. The topological polar surface area (TPSA) is 100 Å². The van der Waals surface area contributed by atoms with Gasteiger partial charge in [0.2, 0.25) is 5.75 Å². The lowest BCUT2D eigenvalue weighted by molar-refractivity contribution is 0.0952. The highest BCUT2D eigenvalue weighted by Gasteiger charge is 2.22. The van der Waals surface area contributed by atoms with Crippen LogP contribution in [0.4, 0.5) is 0 Å². The number of methoxy groups -OCH3 is 3. The summed E-state index contributed by atoms with van der Waals surface area (Å²) < 4.78 is 18.2.